The highest BCUT2D eigenvalue weighted by Gasteiger charge is 2.40. The first-order valence-corrected chi connectivity index (χ1v) is 20.3. The lowest BCUT2D eigenvalue weighted by molar-refractivity contribution is 0.669. The highest BCUT2D eigenvalue weighted by molar-refractivity contribution is 7.04. The van der Waals surface area contributed by atoms with E-state index < -0.39 is 8.07 Å². The lowest BCUT2D eigenvalue weighted by atomic mass is 9.98. The Morgan fingerprint density at radius 3 is 1.92 bits per heavy atom. The maximum Gasteiger partial charge on any atom is 0.164 e. The Kier molecular flexibility index (Phi) is 5.76. The van der Waals surface area contributed by atoms with Crippen molar-refractivity contribution in [3.63, 3.8) is 0 Å². The van der Waals surface area contributed by atoms with Gasteiger partial charge in [-0.3, -0.25) is 0 Å². The zero-order valence-electron chi connectivity index (χ0n) is 27.9. The van der Waals surface area contributed by atoms with Gasteiger partial charge in [-0.1, -0.05) is 110 Å². The summed E-state index contributed by atoms with van der Waals surface area (Å²) >= 11 is 0. The maximum absolute atomic E-state index is 6.81. The molecule has 3 aromatic heterocycles. The smallest absolute Gasteiger partial charge is 0.164 e. The zero-order chi connectivity index (χ0) is 33.8. The van der Waals surface area contributed by atoms with Crippen LogP contribution in [0, 0.1) is 0 Å². The SMILES string of the molecule is C[Si]1(C)c2ccccc2-c2c1cc(-c1nc(-c3ccc4ccccc4c3)nc(-c3ccc4oc5ccccc5c4c3)n1)c1c2oc2ccccc21. The highest BCUT2D eigenvalue weighted by Crippen LogP contribution is 2.44. The van der Waals surface area contributed by atoms with E-state index in [0.29, 0.717) is 17.5 Å². The monoisotopic (exact) mass is 671 g/mol. The molecular weight excluding hydrogens is 643 g/mol. The first-order valence-electron chi connectivity index (χ1n) is 17.3. The summed E-state index contributed by atoms with van der Waals surface area (Å²) in [6, 6.07) is 48.7. The van der Waals surface area contributed by atoms with Crippen molar-refractivity contribution in [2.75, 3.05) is 0 Å². The Hall–Kier alpha value is -6.37. The van der Waals surface area contributed by atoms with Gasteiger partial charge in [0.15, 0.2) is 17.5 Å². The van der Waals surface area contributed by atoms with Crippen LogP contribution in [0.3, 0.4) is 0 Å². The molecule has 0 unspecified atom stereocenters. The Morgan fingerprint density at radius 1 is 0.451 bits per heavy atom. The fourth-order valence-corrected chi connectivity index (χ4v) is 11.2. The Morgan fingerprint density at radius 2 is 1.08 bits per heavy atom. The third-order valence-corrected chi connectivity index (χ3v) is 14.2. The van der Waals surface area contributed by atoms with Crippen molar-refractivity contribution < 1.29 is 8.83 Å². The van der Waals surface area contributed by atoms with E-state index in [1.807, 2.05) is 36.4 Å². The van der Waals surface area contributed by atoms with Gasteiger partial charge in [-0.05, 0) is 69.2 Å². The van der Waals surface area contributed by atoms with Crippen LogP contribution in [0.5, 0.6) is 0 Å². The van der Waals surface area contributed by atoms with Crippen molar-refractivity contribution in [1.29, 1.82) is 0 Å². The first kappa shape index (κ1) is 28.5. The van der Waals surface area contributed by atoms with Gasteiger partial charge < -0.3 is 8.83 Å². The number of nitrogens with zero attached hydrogens (tertiary/aromatic N) is 3. The number of fused-ring (bicyclic) bond motifs is 11. The molecular formula is C45H29N3O2Si. The summed E-state index contributed by atoms with van der Waals surface area (Å²) in [5.74, 6) is 1.86. The molecule has 0 N–H and O–H groups in total. The van der Waals surface area contributed by atoms with E-state index in [2.05, 4.69) is 116 Å². The Labute approximate surface area is 293 Å². The van der Waals surface area contributed by atoms with Crippen LogP contribution in [0.4, 0.5) is 0 Å². The van der Waals surface area contributed by atoms with E-state index in [-0.39, 0.29) is 0 Å². The molecule has 0 spiro atoms. The predicted molar refractivity (Wildman–Crippen MR) is 210 cm³/mol. The van der Waals surface area contributed by atoms with Crippen LogP contribution in [-0.2, 0) is 0 Å². The molecule has 51 heavy (non-hydrogen) atoms. The average Bonchev–Trinajstić information content (AvgIpc) is 3.82. The lowest BCUT2D eigenvalue weighted by Gasteiger charge is -2.19. The molecule has 4 heterocycles. The standard InChI is InChI=1S/C45H29N3O2Si/c1-51(2)38-18-10-7-15-32(38)41-39(51)25-34(40-31-14-6-9-17-36(31)50-42(40)41)45-47-43(28-20-19-26-11-3-4-12-27(26)23-28)46-44(48-45)29-21-22-37-33(24-29)30-13-5-8-16-35(30)49-37/h3-25H,1-2H3. The van der Waals surface area contributed by atoms with Crippen LogP contribution in [0.1, 0.15) is 0 Å². The highest BCUT2D eigenvalue weighted by atomic mass is 28.3. The summed E-state index contributed by atoms with van der Waals surface area (Å²) in [7, 11) is -2.09. The Balaban J connectivity index is 1.23. The minimum absolute atomic E-state index is 0.608. The van der Waals surface area contributed by atoms with E-state index in [1.54, 1.807) is 0 Å². The molecule has 0 fully saturated rings. The normalized spacial score (nSPS) is 13.5. The summed E-state index contributed by atoms with van der Waals surface area (Å²) in [4.78, 5) is 15.8. The molecule has 0 bridgehead atoms. The van der Waals surface area contributed by atoms with Crippen LogP contribution >= 0.6 is 0 Å². The summed E-state index contributed by atoms with van der Waals surface area (Å²) in [6.45, 7) is 4.86. The van der Waals surface area contributed by atoms with Crippen molar-refractivity contribution in [2.45, 2.75) is 13.1 Å². The molecule has 0 atom stereocenters. The second kappa shape index (κ2) is 10.3. The van der Waals surface area contributed by atoms with Gasteiger partial charge in [-0.2, -0.15) is 0 Å². The van der Waals surface area contributed by atoms with E-state index in [9.17, 15) is 0 Å². The number of hydrogen-bond acceptors (Lipinski definition) is 5. The van der Waals surface area contributed by atoms with E-state index >= 15 is 0 Å². The maximum atomic E-state index is 6.81. The summed E-state index contributed by atoms with van der Waals surface area (Å²) in [5.41, 5.74) is 8.72. The lowest BCUT2D eigenvalue weighted by Crippen LogP contribution is -2.49. The van der Waals surface area contributed by atoms with Gasteiger partial charge in [-0.15, -0.1) is 0 Å². The minimum Gasteiger partial charge on any atom is -0.456 e. The molecule has 7 aromatic carbocycles. The van der Waals surface area contributed by atoms with Gasteiger partial charge in [0, 0.05) is 43.8 Å². The van der Waals surface area contributed by atoms with Gasteiger partial charge in [0.1, 0.15) is 30.4 Å². The molecule has 5 nitrogen and oxygen atoms in total. The molecule has 1 aliphatic rings. The molecule has 1 aliphatic heterocycles. The van der Waals surface area contributed by atoms with Crippen molar-refractivity contribution in [3.05, 3.63) is 140 Å². The van der Waals surface area contributed by atoms with Crippen LogP contribution in [-0.4, -0.2) is 23.0 Å². The minimum atomic E-state index is -2.09. The fourth-order valence-electron chi connectivity index (χ4n) is 8.18. The second-order valence-electron chi connectivity index (χ2n) is 14.0. The molecule has 10 aromatic rings. The molecule has 240 valence electrons. The topological polar surface area (TPSA) is 65.0 Å². The average molecular weight is 672 g/mol. The third-order valence-electron chi connectivity index (χ3n) is 10.7. The van der Waals surface area contributed by atoms with Gasteiger partial charge in [0.2, 0.25) is 0 Å². The summed E-state index contributed by atoms with van der Waals surface area (Å²) in [6.07, 6.45) is 0. The molecule has 11 rings (SSSR count). The summed E-state index contributed by atoms with van der Waals surface area (Å²) in [5, 5.41) is 9.25. The largest absolute Gasteiger partial charge is 0.456 e. The number of hydrogen-bond donors (Lipinski definition) is 0. The van der Waals surface area contributed by atoms with Crippen LogP contribution in [0.2, 0.25) is 13.1 Å². The molecule has 0 saturated carbocycles. The van der Waals surface area contributed by atoms with E-state index in [1.165, 1.54) is 26.9 Å². The first-order chi connectivity index (χ1) is 25.0. The van der Waals surface area contributed by atoms with Crippen LogP contribution < -0.4 is 10.4 Å². The fraction of sp³-hybridized carbons (Fsp3) is 0.0444. The number of furan rings is 2. The van der Waals surface area contributed by atoms with Gasteiger partial charge in [-0.25, -0.2) is 15.0 Å². The zero-order valence-corrected chi connectivity index (χ0v) is 28.9. The number of para-hydroxylation sites is 2. The predicted octanol–water partition coefficient (Wildman–Crippen LogP) is 10.6. The van der Waals surface area contributed by atoms with Gasteiger partial charge in [0.25, 0.3) is 0 Å². The van der Waals surface area contributed by atoms with Crippen molar-refractivity contribution in [3.8, 4) is 45.3 Å². The molecule has 6 heteroatoms. The molecule has 0 aliphatic carbocycles. The molecule has 0 radical (unpaired) electrons. The molecule has 0 saturated heterocycles. The van der Waals surface area contributed by atoms with Crippen molar-refractivity contribution in [1.82, 2.24) is 15.0 Å². The number of aromatic nitrogens is 3. The van der Waals surface area contributed by atoms with Gasteiger partial charge in [0.05, 0.1) is 0 Å². The Bertz CT molecular complexity index is 3080. The second-order valence-corrected chi connectivity index (χ2v) is 18.3. The number of benzene rings is 7. The van der Waals surface area contributed by atoms with Gasteiger partial charge >= 0.3 is 0 Å². The van der Waals surface area contributed by atoms with Crippen molar-refractivity contribution in [2.24, 2.45) is 0 Å². The van der Waals surface area contributed by atoms with Crippen molar-refractivity contribution >= 4 is 73.1 Å². The van der Waals surface area contributed by atoms with E-state index in [0.717, 1.165) is 66.0 Å². The third kappa shape index (κ3) is 4.11. The number of rotatable bonds is 3. The quantitative estimate of drug-likeness (QED) is 0.175. The van der Waals surface area contributed by atoms with Crippen LogP contribution in [0.25, 0.3) is 99.9 Å². The van der Waals surface area contributed by atoms with Crippen LogP contribution in [0.15, 0.2) is 148 Å². The summed E-state index contributed by atoms with van der Waals surface area (Å²) < 4.78 is 13.0. The molecule has 0 amide bonds. The van der Waals surface area contributed by atoms with E-state index in [4.69, 9.17) is 23.8 Å².